The van der Waals surface area contributed by atoms with Gasteiger partial charge in [0.1, 0.15) is 0 Å². The Hall–Kier alpha value is -0.0900. The van der Waals surface area contributed by atoms with E-state index in [9.17, 15) is 4.79 Å². The van der Waals surface area contributed by atoms with Crippen LogP contribution in [0.5, 0.6) is 0 Å². The molecule has 0 unspecified atom stereocenters. The molecule has 104 valence electrons. The summed E-state index contributed by atoms with van der Waals surface area (Å²) in [5.41, 5.74) is 0. The Bertz CT molecular complexity index is 280. The first-order chi connectivity index (χ1) is 8.68. The van der Waals surface area contributed by atoms with Gasteiger partial charge >= 0.3 is 5.97 Å². The second-order valence-electron chi connectivity index (χ2n) is 4.55. The molecule has 18 heavy (non-hydrogen) atoms. The van der Waals surface area contributed by atoms with Crippen LogP contribution in [0.2, 0.25) is 0 Å². The van der Waals surface area contributed by atoms with Gasteiger partial charge in [0.2, 0.25) is 0 Å². The van der Waals surface area contributed by atoms with E-state index in [4.69, 9.17) is 4.74 Å². The molecule has 1 aliphatic rings. The van der Waals surface area contributed by atoms with Crippen LogP contribution in [0.1, 0.15) is 39.0 Å². The van der Waals surface area contributed by atoms with Crippen molar-refractivity contribution in [2.24, 2.45) is 5.92 Å². The summed E-state index contributed by atoms with van der Waals surface area (Å²) >= 11 is 3.70. The molecular weight excluding hydrogens is 264 g/mol. The van der Waals surface area contributed by atoms with Crippen LogP contribution in [0, 0.1) is 5.92 Å². The van der Waals surface area contributed by atoms with Gasteiger partial charge in [0.05, 0.1) is 10.7 Å². The number of esters is 1. The van der Waals surface area contributed by atoms with Gasteiger partial charge in [-0.25, -0.2) is 4.79 Å². The van der Waals surface area contributed by atoms with Gasteiger partial charge in [-0.1, -0.05) is 25.3 Å². The third kappa shape index (κ3) is 4.23. The number of carbonyl (C=O) groups excluding carboxylic acids is 1. The molecular formula is C14H24O2S2. The van der Waals surface area contributed by atoms with Crippen LogP contribution in [-0.4, -0.2) is 29.2 Å². The highest BCUT2D eigenvalue weighted by molar-refractivity contribution is 8.17. The van der Waals surface area contributed by atoms with Crippen molar-refractivity contribution in [1.29, 1.82) is 0 Å². The summed E-state index contributed by atoms with van der Waals surface area (Å²) in [5.74, 6) is 0.447. The van der Waals surface area contributed by atoms with E-state index in [2.05, 4.69) is 18.6 Å². The topological polar surface area (TPSA) is 26.3 Å². The van der Waals surface area contributed by atoms with Crippen LogP contribution in [-0.2, 0) is 9.53 Å². The molecule has 0 saturated heterocycles. The summed E-state index contributed by atoms with van der Waals surface area (Å²) in [6, 6.07) is 0. The molecule has 0 radical (unpaired) electrons. The fourth-order valence-electron chi connectivity index (χ4n) is 2.57. The lowest BCUT2D eigenvalue weighted by molar-refractivity contribution is -0.137. The normalized spacial score (nSPS) is 18.2. The minimum absolute atomic E-state index is 0.0349. The fourth-order valence-corrected chi connectivity index (χ4v) is 4.78. The lowest BCUT2D eigenvalue weighted by Gasteiger charge is -2.38. The molecule has 0 spiro atoms. The second kappa shape index (κ2) is 8.16. The highest BCUT2D eigenvalue weighted by atomic mass is 32.2. The van der Waals surface area contributed by atoms with Gasteiger partial charge in [0, 0.05) is 6.08 Å². The molecule has 1 aliphatic carbocycles. The van der Waals surface area contributed by atoms with E-state index < -0.39 is 0 Å². The van der Waals surface area contributed by atoms with Gasteiger partial charge in [-0.05, 0) is 38.2 Å². The van der Waals surface area contributed by atoms with Crippen LogP contribution >= 0.6 is 23.5 Å². The van der Waals surface area contributed by atoms with Crippen molar-refractivity contribution in [3.63, 3.8) is 0 Å². The zero-order valence-corrected chi connectivity index (χ0v) is 13.2. The molecule has 0 aromatic heterocycles. The number of carbonyl (C=O) groups is 1. The first kappa shape index (κ1) is 16.0. The summed E-state index contributed by atoms with van der Waals surface area (Å²) in [6.07, 6.45) is 14.5. The third-order valence-electron chi connectivity index (χ3n) is 3.55. The van der Waals surface area contributed by atoms with Crippen LogP contribution in [0.15, 0.2) is 12.2 Å². The quantitative estimate of drug-likeness (QED) is 0.417. The third-order valence-corrected chi connectivity index (χ3v) is 6.77. The summed E-state index contributed by atoms with van der Waals surface area (Å²) in [5, 5.41) is 0. The van der Waals surface area contributed by atoms with Gasteiger partial charge in [0.15, 0.2) is 0 Å². The van der Waals surface area contributed by atoms with Gasteiger partial charge in [-0.15, -0.1) is 23.5 Å². The van der Waals surface area contributed by atoms with Crippen molar-refractivity contribution in [1.82, 2.24) is 0 Å². The van der Waals surface area contributed by atoms with Gasteiger partial charge in [0.25, 0.3) is 0 Å². The lowest BCUT2D eigenvalue weighted by atomic mass is 9.86. The number of thioether (sulfide) groups is 2. The highest BCUT2D eigenvalue weighted by Gasteiger charge is 2.35. The molecule has 0 aromatic rings. The van der Waals surface area contributed by atoms with Crippen molar-refractivity contribution in [2.45, 2.75) is 43.1 Å². The number of hydrogen-bond acceptors (Lipinski definition) is 4. The van der Waals surface area contributed by atoms with Crippen molar-refractivity contribution >= 4 is 29.5 Å². The minimum Gasteiger partial charge on any atom is -0.463 e. The van der Waals surface area contributed by atoms with Crippen molar-refractivity contribution in [2.75, 3.05) is 19.1 Å². The summed E-state index contributed by atoms with van der Waals surface area (Å²) in [6.45, 7) is 2.28. The maximum atomic E-state index is 11.5. The van der Waals surface area contributed by atoms with Crippen LogP contribution in [0.3, 0.4) is 0 Å². The van der Waals surface area contributed by atoms with E-state index in [1.165, 1.54) is 32.1 Å². The van der Waals surface area contributed by atoms with Crippen molar-refractivity contribution < 1.29 is 9.53 Å². The number of hydrogen-bond donors (Lipinski definition) is 0. The summed E-state index contributed by atoms with van der Waals surface area (Å²) in [4.78, 5) is 11.5. The van der Waals surface area contributed by atoms with Crippen molar-refractivity contribution in [3.05, 3.63) is 12.2 Å². The minimum atomic E-state index is -0.221. The Labute approximate surface area is 119 Å². The number of ether oxygens (including phenoxy) is 1. The molecule has 0 amide bonds. The lowest BCUT2D eigenvalue weighted by Crippen LogP contribution is -2.30. The zero-order chi connectivity index (χ0) is 13.4. The molecule has 1 saturated carbocycles. The van der Waals surface area contributed by atoms with Gasteiger partial charge in [-0.3, -0.25) is 0 Å². The Morgan fingerprint density at radius 1 is 1.28 bits per heavy atom. The van der Waals surface area contributed by atoms with E-state index >= 15 is 0 Å². The monoisotopic (exact) mass is 288 g/mol. The molecule has 0 atom stereocenters. The first-order valence-electron chi connectivity index (χ1n) is 6.64. The molecule has 0 N–H and O–H groups in total. The molecule has 0 bridgehead atoms. The SMILES string of the molecule is CCOC(=O)/C=C/C(SC)(SC)C1CCCCC1. The van der Waals surface area contributed by atoms with E-state index in [0.717, 1.165) is 0 Å². The van der Waals surface area contributed by atoms with E-state index in [1.54, 1.807) is 6.08 Å². The smallest absolute Gasteiger partial charge is 0.330 e. The Morgan fingerprint density at radius 3 is 2.39 bits per heavy atom. The maximum absolute atomic E-state index is 11.5. The highest BCUT2D eigenvalue weighted by Crippen LogP contribution is 2.48. The van der Waals surface area contributed by atoms with E-state index in [-0.39, 0.29) is 10.0 Å². The molecule has 0 heterocycles. The van der Waals surface area contributed by atoms with Gasteiger partial charge < -0.3 is 4.74 Å². The Morgan fingerprint density at radius 2 is 1.89 bits per heavy atom. The average Bonchev–Trinajstić information content (AvgIpc) is 2.42. The summed E-state index contributed by atoms with van der Waals surface area (Å²) < 4.78 is 5.00. The van der Waals surface area contributed by atoms with Crippen LogP contribution in [0.25, 0.3) is 0 Å². The number of rotatable bonds is 6. The van der Waals surface area contributed by atoms with Gasteiger partial charge in [-0.2, -0.15) is 0 Å². The largest absolute Gasteiger partial charge is 0.463 e. The molecule has 0 aromatic carbocycles. The standard InChI is InChI=1S/C14H24O2S2/c1-4-16-13(15)10-11-14(17-2,18-3)12-8-6-5-7-9-12/h10-12H,4-9H2,1-3H3/b11-10+. The second-order valence-corrected chi connectivity index (χ2v) is 6.98. The van der Waals surface area contributed by atoms with E-state index in [1.807, 2.05) is 30.4 Å². The average molecular weight is 288 g/mol. The summed E-state index contributed by atoms with van der Waals surface area (Å²) in [7, 11) is 0. The molecule has 2 nitrogen and oxygen atoms in total. The van der Waals surface area contributed by atoms with Crippen molar-refractivity contribution in [3.8, 4) is 0 Å². The molecule has 4 heteroatoms. The Balaban J connectivity index is 2.75. The zero-order valence-electron chi connectivity index (χ0n) is 11.6. The van der Waals surface area contributed by atoms with Crippen LogP contribution in [0.4, 0.5) is 0 Å². The maximum Gasteiger partial charge on any atom is 0.330 e. The van der Waals surface area contributed by atoms with E-state index in [0.29, 0.717) is 12.5 Å². The van der Waals surface area contributed by atoms with Crippen LogP contribution < -0.4 is 0 Å². The first-order valence-corrected chi connectivity index (χ1v) is 9.09. The molecule has 1 fully saturated rings. The predicted octanol–water partition coefficient (Wildman–Crippen LogP) is 4.11. The fraction of sp³-hybridized carbons (Fsp3) is 0.786. The molecule has 0 aliphatic heterocycles. The Kier molecular flexibility index (Phi) is 7.23. The molecule has 1 rings (SSSR count). The predicted molar refractivity (Wildman–Crippen MR) is 82.1 cm³/mol.